The molecular formula is C13H11F3N2O4. The Morgan fingerprint density at radius 3 is 2.64 bits per heavy atom. The van der Waals surface area contributed by atoms with Gasteiger partial charge in [-0.2, -0.15) is 13.2 Å². The molecule has 22 heavy (non-hydrogen) atoms. The molecule has 2 rings (SSSR count). The Hall–Kier alpha value is -2.58. The molecule has 0 aliphatic heterocycles. The average Bonchev–Trinajstić information content (AvgIpc) is 2.43. The van der Waals surface area contributed by atoms with Gasteiger partial charge in [-0.25, -0.2) is 4.79 Å². The van der Waals surface area contributed by atoms with Crippen molar-refractivity contribution in [3.05, 3.63) is 33.9 Å². The summed E-state index contributed by atoms with van der Waals surface area (Å²) < 4.78 is 44.5. The summed E-state index contributed by atoms with van der Waals surface area (Å²) in [7, 11) is 1.19. The van der Waals surface area contributed by atoms with E-state index in [1.54, 1.807) is 0 Å². The molecule has 0 aliphatic rings. The Balaban J connectivity index is 2.97. The number of pyridine rings is 2. The van der Waals surface area contributed by atoms with Gasteiger partial charge in [0.2, 0.25) is 0 Å². The van der Waals surface area contributed by atoms with Gasteiger partial charge in [0, 0.05) is 13.2 Å². The first-order valence-electron chi connectivity index (χ1n) is 6.15. The zero-order chi connectivity index (χ0) is 16.7. The quantitative estimate of drug-likeness (QED) is 0.855. The number of aryl methyl sites for hydroxylation is 1. The van der Waals surface area contributed by atoms with Crippen LogP contribution in [0.25, 0.3) is 10.9 Å². The zero-order valence-corrected chi connectivity index (χ0v) is 11.6. The number of carbonyl (C=O) groups excluding carboxylic acids is 1. The maximum Gasteiger partial charge on any atom is 0.434 e. The number of fused-ring (bicyclic) bond motifs is 1. The molecule has 0 spiro atoms. The van der Waals surface area contributed by atoms with Crippen molar-refractivity contribution in [1.29, 1.82) is 0 Å². The molecule has 9 heteroatoms. The summed E-state index contributed by atoms with van der Waals surface area (Å²) in [6, 6.07) is 1.14. The van der Waals surface area contributed by atoms with Gasteiger partial charge in [-0.15, -0.1) is 0 Å². The number of ether oxygens (including phenoxy) is 1. The number of esters is 1. The molecule has 0 saturated carbocycles. The summed E-state index contributed by atoms with van der Waals surface area (Å²) in [6.07, 6.45) is -3.99. The van der Waals surface area contributed by atoms with E-state index in [2.05, 4.69) is 9.72 Å². The van der Waals surface area contributed by atoms with E-state index in [9.17, 15) is 27.9 Å². The summed E-state index contributed by atoms with van der Waals surface area (Å²) >= 11 is 0. The third-order valence-corrected chi connectivity index (χ3v) is 3.03. The minimum atomic E-state index is -4.86. The molecule has 2 heterocycles. The van der Waals surface area contributed by atoms with Crippen LogP contribution in [0.3, 0.4) is 0 Å². The molecule has 118 valence electrons. The lowest BCUT2D eigenvalue weighted by atomic mass is 10.1. The number of hydrogen-bond acceptors (Lipinski definition) is 5. The number of nitrogens with zero attached hydrogens (tertiary/aromatic N) is 2. The number of halogens is 3. The third-order valence-electron chi connectivity index (χ3n) is 3.03. The van der Waals surface area contributed by atoms with Crippen LogP contribution < -0.4 is 5.56 Å². The van der Waals surface area contributed by atoms with Gasteiger partial charge in [0.25, 0.3) is 5.56 Å². The minimum Gasteiger partial charge on any atom is -0.506 e. The smallest absolute Gasteiger partial charge is 0.434 e. The second kappa shape index (κ2) is 5.32. The van der Waals surface area contributed by atoms with Gasteiger partial charge in [-0.3, -0.25) is 9.78 Å². The second-order valence-corrected chi connectivity index (χ2v) is 4.36. The number of aromatic hydroxyl groups is 1. The highest BCUT2D eigenvalue weighted by atomic mass is 19.4. The highest BCUT2D eigenvalue weighted by Gasteiger charge is 2.37. The Morgan fingerprint density at radius 2 is 2.09 bits per heavy atom. The number of hydrogen-bond donors (Lipinski definition) is 1. The van der Waals surface area contributed by atoms with Gasteiger partial charge in [-0.1, -0.05) is 0 Å². The highest BCUT2D eigenvalue weighted by Crippen LogP contribution is 2.37. The van der Waals surface area contributed by atoms with E-state index in [1.807, 2.05) is 0 Å². The Labute approximate surface area is 121 Å². The van der Waals surface area contributed by atoms with Gasteiger partial charge in [0.1, 0.15) is 5.75 Å². The van der Waals surface area contributed by atoms with Crippen molar-refractivity contribution in [2.45, 2.75) is 13.1 Å². The van der Waals surface area contributed by atoms with E-state index < -0.39 is 40.1 Å². The third kappa shape index (κ3) is 2.38. The van der Waals surface area contributed by atoms with Crippen LogP contribution in [0, 0.1) is 0 Å². The van der Waals surface area contributed by atoms with Gasteiger partial charge < -0.3 is 14.4 Å². The normalized spacial score (nSPS) is 11.7. The monoisotopic (exact) mass is 316 g/mol. The van der Waals surface area contributed by atoms with Crippen LogP contribution in [0.1, 0.15) is 23.0 Å². The van der Waals surface area contributed by atoms with E-state index >= 15 is 0 Å². The fraction of sp³-hybridized carbons (Fsp3) is 0.308. The summed E-state index contributed by atoms with van der Waals surface area (Å²) in [5.74, 6) is -2.28. The highest BCUT2D eigenvalue weighted by molar-refractivity contribution is 6.00. The second-order valence-electron chi connectivity index (χ2n) is 4.36. The summed E-state index contributed by atoms with van der Waals surface area (Å²) in [5, 5.41) is 9.32. The first-order chi connectivity index (χ1) is 10.2. The predicted molar refractivity (Wildman–Crippen MR) is 69.6 cm³/mol. The maximum absolute atomic E-state index is 13.0. The molecular weight excluding hydrogens is 305 g/mol. The minimum absolute atomic E-state index is 0.0986. The largest absolute Gasteiger partial charge is 0.506 e. The van der Waals surface area contributed by atoms with Crippen LogP contribution in [0.15, 0.2) is 17.1 Å². The number of rotatable bonds is 2. The Morgan fingerprint density at radius 1 is 1.45 bits per heavy atom. The van der Waals surface area contributed by atoms with Crippen molar-refractivity contribution in [1.82, 2.24) is 9.55 Å². The number of aromatic nitrogens is 2. The summed E-state index contributed by atoms with van der Waals surface area (Å²) in [6.45, 7) is 1.36. The average molecular weight is 316 g/mol. The molecule has 0 radical (unpaired) electrons. The van der Waals surface area contributed by atoms with E-state index in [4.69, 9.17) is 0 Å². The van der Waals surface area contributed by atoms with E-state index in [0.29, 0.717) is 0 Å². The molecule has 0 fully saturated rings. The van der Waals surface area contributed by atoms with Crippen molar-refractivity contribution in [3.8, 4) is 5.75 Å². The van der Waals surface area contributed by atoms with E-state index in [-0.39, 0.29) is 12.1 Å². The van der Waals surface area contributed by atoms with Crippen LogP contribution in [-0.4, -0.2) is 27.2 Å². The standard InChI is InChI=1S/C13H11F3N2O4/c1-3-22-12(21)8-9(19)7-6(18(2)11(8)20)4-5-17-10(7)13(14,15)16/h4-5,19H,3H2,1-2H3. The Kier molecular flexibility index (Phi) is 3.82. The molecule has 0 atom stereocenters. The van der Waals surface area contributed by atoms with Crippen LogP contribution in [0.2, 0.25) is 0 Å². The van der Waals surface area contributed by atoms with Crippen molar-refractivity contribution in [3.63, 3.8) is 0 Å². The summed E-state index contributed by atoms with van der Waals surface area (Å²) in [4.78, 5) is 27.0. The topological polar surface area (TPSA) is 81.4 Å². The molecule has 0 bridgehead atoms. The molecule has 6 nitrogen and oxygen atoms in total. The first kappa shape index (κ1) is 15.8. The Bertz CT molecular complexity index is 812. The van der Waals surface area contributed by atoms with Crippen molar-refractivity contribution in [2.24, 2.45) is 7.05 Å². The SMILES string of the molecule is CCOC(=O)c1c(O)c2c(C(F)(F)F)nccc2n(C)c1=O. The van der Waals surface area contributed by atoms with Crippen LogP contribution in [0.4, 0.5) is 13.2 Å². The fourth-order valence-corrected chi connectivity index (χ4v) is 2.07. The molecule has 0 amide bonds. The predicted octanol–water partition coefficient (Wildman–Crippen LogP) is 1.83. The van der Waals surface area contributed by atoms with Crippen LogP contribution >= 0.6 is 0 Å². The van der Waals surface area contributed by atoms with Gasteiger partial charge in [0.15, 0.2) is 11.3 Å². The zero-order valence-electron chi connectivity index (χ0n) is 11.6. The first-order valence-corrected chi connectivity index (χ1v) is 6.15. The maximum atomic E-state index is 13.0. The number of carbonyl (C=O) groups is 1. The van der Waals surface area contributed by atoms with Crippen LogP contribution in [0.5, 0.6) is 5.75 Å². The van der Waals surface area contributed by atoms with Gasteiger partial charge in [0.05, 0.1) is 17.5 Å². The van der Waals surface area contributed by atoms with Crippen molar-refractivity contribution in [2.75, 3.05) is 6.61 Å². The molecule has 0 saturated heterocycles. The molecule has 0 aliphatic carbocycles. The molecule has 0 unspecified atom stereocenters. The van der Waals surface area contributed by atoms with Gasteiger partial charge >= 0.3 is 12.1 Å². The van der Waals surface area contributed by atoms with Crippen LogP contribution in [-0.2, 0) is 18.0 Å². The molecule has 2 aromatic rings. The van der Waals surface area contributed by atoms with Crippen molar-refractivity contribution >= 4 is 16.9 Å². The fourth-order valence-electron chi connectivity index (χ4n) is 2.07. The van der Waals surface area contributed by atoms with Gasteiger partial charge in [-0.05, 0) is 13.0 Å². The molecule has 0 aromatic carbocycles. The van der Waals surface area contributed by atoms with E-state index in [1.165, 1.54) is 14.0 Å². The lowest BCUT2D eigenvalue weighted by molar-refractivity contribution is -0.139. The molecule has 1 N–H and O–H groups in total. The number of alkyl halides is 3. The van der Waals surface area contributed by atoms with E-state index in [0.717, 1.165) is 16.8 Å². The van der Waals surface area contributed by atoms with Crippen molar-refractivity contribution < 1.29 is 27.8 Å². The lowest BCUT2D eigenvalue weighted by Gasteiger charge is -2.14. The summed E-state index contributed by atoms with van der Waals surface area (Å²) in [5.41, 5.74) is -3.39. The molecule has 2 aromatic heterocycles. The lowest BCUT2D eigenvalue weighted by Crippen LogP contribution is -2.27.